The minimum absolute atomic E-state index is 0.175. The van der Waals surface area contributed by atoms with Gasteiger partial charge in [-0.15, -0.1) is 0 Å². The first-order chi connectivity index (χ1) is 13.8. The van der Waals surface area contributed by atoms with E-state index in [0.717, 1.165) is 69.7 Å². The summed E-state index contributed by atoms with van der Waals surface area (Å²) in [6.45, 7) is 5.21. The Morgan fingerprint density at radius 1 is 0.929 bits per heavy atom. The van der Waals surface area contributed by atoms with Gasteiger partial charge in [-0.1, -0.05) is 67.4 Å². The summed E-state index contributed by atoms with van der Waals surface area (Å²) in [7, 11) is 0. The molecule has 28 heavy (non-hydrogen) atoms. The predicted molar refractivity (Wildman–Crippen MR) is 111 cm³/mol. The molecule has 4 rings (SSSR count). The fourth-order valence-electron chi connectivity index (χ4n) is 4.51. The summed E-state index contributed by atoms with van der Waals surface area (Å²) in [6.07, 6.45) is 4.14. The van der Waals surface area contributed by atoms with E-state index in [0.29, 0.717) is 6.54 Å². The molecule has 4 heteroatoms. The molecule has 1 heterocycles. The Balaban J connectivity index is 1.36. The SMILES string of the molecule is O=C(NCc1ccc(CN2CCOCC2)cc1)C1(c2ccccc2)CCCC1. The predicted octanol–water partition coefficient (Wildman–Crippen LogP) is 3.65. The van der Waals surface area contributed by atoms with E-state index in [1.807, 2.05) is 18.2 Å². The summed E-state index contributed by atoms with van der Waals surface area (Å²) >= 11 is 0. The van der Waals surface area contributed by atoms with Crippen molar-refractivity contribution in [1.29, 1.82) is 0 Å². The zero-order valence-corrected chi connectivity index (χ0v) is 16.5. The smallest absolute Gasteiger partial charge is 0.230 e. The lowest BCUT2D eigenvalue weighted by molar-refractivity contribution is -0.126. The first kappa shape index (κ1) is 19.2. The van der Waals surface area contributed by atoms with E-state index >= 15 is 0 Å². The van der Waals surface area contributed by atoms with Crippen molar-refractivity contribution in [2.45, 2.75) is 44.2 Å². The normalized spacial score (nSPS) is 19.4. The monoisotopic (exact) mass is 378 g/mol. The highest BCUT2D eigenvalue weighted by molar-refractivity contribution is 5.88. The maximum atomic E-state index is 13.1. The molecule has 2 aromatic carbocycles. The van der Waals surface area contributed by atoms with Crippen LogP contribution in [0.4, 0.5) is 0 Å². The summed E-state index contributed by atoms with van der Waals surface area (Å²) < 4.78 is 5.41. The van der Waals surface area contributed by atoms with Crippen LogP contribution in [0.2, 0.25) is 0 Å². The van der Waals surface area contributed by atoms with Crippen LogP contribution >= 0.6 is 0 Å². The van der Waals surface area contributed by atoms with E-state index in [1.165, 1.54) is 5.56 Å². The maximum absolute atomic E-state index is 13.1. The molecule has 1 saturated carbocycles. The number of hydrogen-bond acceptors (Lipinski definition) is 3. The third kappa shape index (κ3) is 4.29. The molecule has 1 aliphatic carbocycles. The van der Waals surface area contributed by atoms with Crippen LogP contribution in [0.5, 0.6) is 0 Å². The van der Waals surface area contributed by atoms with Gasteiger partial charge in [0.2, 0.25) is 5.91 Å². The van der Waals surface area contributed by atoms with Crippen LogP contribution in [0.15, 0.2) is 54.6 Å². The quantitative estimate of drug-likeness (QED) is 0.834. The molecule has 0 radical (unpaired) electrons. The van der Waals surface area contributed by atoms with Gasteiger partial charge in [0, 0.05) is 26.2 Å². The molecule has 1 amide bonds. The van der Waals surface area contributed by atoms with Crippen LogP contribution < -0.4 is 5.32 Å². The number of nitrogens with zero attached hydrogens (tertiary/aromatic N) is 1. The summed E-state index contributed by atoms with van der Waals surface area (Å²) in [5.41, 5.74) is 3.28. The van der Waals surface area contributed by atoms with Crippen molar-refractivity contribution in [1.82, 2.24) is 10.2 Å². The van der Waals surface area contributed by atoms with Gasteiger partial charge < -0.3 is 10.1 Å². The van der Waals surface area contributed by atoms with Gasteiger partial charge in [0.1, 0.15) is 0 Å². The van der Waals surface area contributed by atoms with Crippen molar-refractivity contribution in [3.05, 3.63) is 71.3 Å². The summed E-state index contributed by atoms with van der Waals surface area (Å²) in [5.74, 6) is 0.175. The Morgan fingerprint density at radius 3 is 2.25 bits per heavy atom. The second-order valence-electron chi connectivity index (χ2n) is 8.04. The van der Waals surface area contributed by atoms with Gasteiger partial charge in [0.25, 0.3) is 0 Å². The fourth-order valence-corrected chi connectivity index (χ4v) is 4.51. The van der Waals surface area contributed by atoms with E-state index in [-0.39, 0.29) is 11.3 Å². The highest BCUT2D eigenvalue weighted by Crippen LogP contribution is 2.41. The molecule has 0 aromatic heterocycles. The van der Waals surface area contributed by atoms with Crippen molar-refractivity contribution in [2.75, 3.05) is 26.3 Å². The van der Waals surface area contributed by atoms with Gasteiger partial charge >= 0.3 is 0 Å². The Labute approximate surface area is 167 Å². The van der Waals surface area contributed by atoms with Crippen LogP contribution in [0.25, 0.3) is 0 Å². The van der Waals surface area contributed by atoms with Crippen LogP contribution in [-0.2, 0) is 28.0 Å². The lowest BCUT2D eigenvalue weighted by atomic mass is 9.78. The van der Waals surface area contributed by atoms with E-state index in [2.05, 4.69) is 46.6 Å². The Hall–Kier alpha value is -2.17. The topological polar surface area (TPSA) is 41.6 Å². The van der Waals surface area contributed by atoms with E-state index in [1.54, 1.807) is 0 Å². The molecular weight excluding hydrogens is 348 g/mol. The Morgan fingerprint density at radius 2 is 1.57 bits per heavy atom. The second kappa shape index (κ2) is 8.89. The molecule has 4 nitrogen and oxygen atoms in total. The fraction of sp³-hybridized carbons (Fsp3) is 0.458. The van der Waals surface area contributed by atoms with Crippen LogP contribution in [0.1, 0.15) is 42.4 Å². The lowest BCUT2D eigenvalue weighted by Crippen LogP contribution is -2.42. The minimum atomic E-state index is -0.350. The number of nitrogens with one attached hydrogen (secondary N) is 1. The molecule has 148 valence electrons. The average Bonchev–Trinajstić information content (AvgIpc) is 3.26. The first-order valence-electron chi connectivity index (χ1n) is 10.5. The minimum Gasteiger partial charge on any atom is -0.379 e. The highest BCUT2D eigenvalue weighted by Gasteiger charge is 2.42. The summed E-state index contributed by atoms with van der Waals surface area (Å²) in [6, 6.07) is 18.9. The standard InChI is InChI=1S/C24H30N2O2/c27-23(24(12-4-5-13-24)22-6-2-1-3-7-22)25-18-20-8-10-21(11-9-20)19-26-14-16-28-17-15-26/h1-3,6-11H,4-5,12-19H2,(H,25,27). The van der Waals surface area contributed by atoms with E-state index in [4.69, 9.17) is 4.74 Å². The van der Waals surface area contributed by atoms with Gasteiger partial charge in [0.15, 0.2) is 0 Å². The van der Waals surface area contributed by atoms with E-state index < -0.39 is 0 Å². The molecule has 0 bridgehead atoms. The number of rotatable bonds is 6. The summed E-state index contributed by atoms with van der Waals surface area (Å²) in [4.78, 5) is 15.6. The number of hydrogen-bond donors (Lipinski definition) is 1. The van der Waals surface area contributed by atoms with Crippen LogP contribution in [0, 0.1) is 0 Å². The highest BCUT2D eigenvalue weighted by atomic mass is 16.5. The average molecular weight is 379 g/mol. The molecule has 2 aromatic rings. The van der Waals surface area contributed by atoms with Crippen LogP contribution in [0.3, 0.4) is 0 Å². The molecule has 0 spiro atoms. The van der Waals surface area contributed by atoms with Crippen molar-refractivity contribution in [2.24, 2.45) is 0 Å². The van der Waals surface area contributed by atoms with Crippen molar-refractivity contribution < 1.29 is 9.53 Å². The number of ether oxygens (including phenoxy) is 1. The molecule has 2 aliphatic rings. The number of carbonyl (C=O) groups excluding carboxylic acids is 1. The van der Waals surface area contributed by atoms with Gasteiger partial charge in [0.05, 0.1) is 18.6 Å². The molecule has 0 atom stereocenters. The molecule has 1 N–H and O–H groups in total. The Kier molecular flexibility index (Phi) is 6.08. The molecule has 2 fully saturated rings. The van der Waals surface area contributed by atoms with Gasteiger partial charge in [-0.05, 0) is 29.5 Å². The molecule has 0 unspecified atom stereocenters. The maximum Gasteiger partial charge on any atom is 0.230 e. The molecule has 1 aliphatic heterocycles. The zero-order valence-electron chi connectivity index (χ0n) is 16.5. The number of amides is 1. The summed E-state index contributed by atoms with van der Waals surface area (Å²) in [5, 5.41) is 3.22. The third-order valence-corrected chi connectivity index (χ3v) is 6.20. The molecule has 1 saturated heterocycles. The Bertz CT molecular complexity index is 761. The number of morpholine rings is 1. The van der Waals surface area contributed by atoms with Crippen molar-refractivity contribution >= 4 is 5.91 Å². The van der Waals surface area contributed by atoms with Crippen molar-refractivity contribution in [3.63, 3.8) is 0 Å². The zero-order chi connectivity index (χ0) is 19.2. The molecular formula is C24H30N2O2. The number of benzene rings is 2. The lowest BCUT2D eigenvalue weighted by Gasteiger charge is -2.28. The van der Waals surface area contributed by atoms with Crippen molar-refractivity contribution in [3.8, 4) is 0 Å². The van der Waals surface area contributed by atoms with Gasteiger partial charge in [-0.2, -0.15) is 0 Å². The van der Waals surface area contributed by atoms with Crippen LogP contribution in [-0.4, -0.2) is 37.1 Å². The first-order valence-corrected chi connectivity index (χ1v) is 10.5. The van der Waals surface area contributed by atoms with Gasteiger partial charge in [-0.25, -0.2) is 0 Å². The number of carbonyl (C=O) groups is 1. The largest absolute Gasteiger partial charge is 0.379 e. The second-order valence-corrected chi connectivity index (χ2v) is 8.04. The van der Waals surface area contributed by atoms with Gasteiger partial charge in [-0.3, -0.25) is 9.69 Å². The third-order valence-electron chi connectivity index (χ3n) is 6.20. The van der Waals surface area contributed by atoms with E-state index in [9.17, 15) is 4.79 Å².